The van der Waals surface area contributed by atoms with Gasteiger partial charge in [-0.3, -0.25) is 4.79 Å². The largest absolute Gasteiger partial charge is 0.495 e. The molecule has 0 aliphatic rings. The fourth-order valence-electron chi connectivity index (χ4n) is 2.29. The number of ether oxygens (including phenoxy) is 1. The summed E-state index contributed by atoms with van der Waals surface area (Å²) in [5.74, 6) is 0.535. The fraction of sp³-hybridized carbons (Fsp3) is 0.316. The number of anilines is 1. The Morgan fingerprint density at radius 3 is 2.43 bits per heavy atom. The molecular weight excluding hydrogens is 306 g/mol. The summed E-state index contributed by atoms with van der Waals surface area (Å²) in [6.45, 7) is 6.43. The van der Waals surface area contributed by atoms with Gasteiger partial charge in [0.25, 0.3) is 5.91 Å². The minimum Gasteiger partial charge on any atom is -0.495 e. The first kappa shape index (κ1) is 17.4. The third kappa shape index (κ3) is 4.08. The summed E-state index contributed by atoms with van der Waals surface area (Å²) in [4.78, 5) is 13.6. The molecule has 0 aliphatic heterocycles. The van der Waals surface area contributed by atoms with Gasteiger partial charge in [0, 0.05) is 4.90 Å². The van der Waals surface area contributed by atoms with E-state index in [-0.39, 0.29) is 11.3 Å². The molecule has 0 aromatic heterocycles. The van der Waals surface area contributed by atoms with Crippen LogP contribution in [0.3, 0.4) is 0 Å². The summed E-state index contributed by atoms with van der Waals surface area (Å²) in [5.41, 5.74) is 2.51. The maximum atomic E-state index is 12.6. The van der Waals surface area contributed by atoms with Crippen LogP contribution in [0, 0.1) is 0 Å². The molecule has 2 aromatic carbocycles. The highest BCUT2D eigenvalue weighted by Crippen LogP contribution is 2.32. The van der Waals surface area contributed by atoms with Crippen LogP contribution in [0.15, 0.2) is 47.4 Å². The van der Waals surface area contributed by atoms with Crippen molar-refractivity contribution >= 4 is 23.4 Å². The predicted octanol–water partition coefficient (Wildman–Crippen LogP) is 4.97. The van der Waals surface area contributed by atoms with Crippen molar-refractivity contribution in [1.82, 2.24) is 0 Å². The standard InChI is InChI=1S/C19H23NO2S/c1-19(2,3)13-10-11-16(22-4)15(12-13)20-18(21)14-8-6-7-9-17(14)23-5/h6-12H,1-5H3,(H,20,21). The Hall–Kier alpha value is -1.94. The molecule has 0 unspecified atom stereocenters. The van der Waals surface area contributed by atoms with Gasteiger partial charge in [-0.25, -0.2) is 0 Å². The zero-order valence-electron chi connectivity index (χ0n) is 14.3. The number of thioether (sulfide) groups is 1. The average molecular weight is 329 g/mol. The third-order valence-corrected chi connectivity index (χ3v) is 4.46. The maximum Gasteiger partial charge on any atom is 0.256 e. The minimum atomic E-state index is -0.126. The summed E-state index contributed by atoms with van der Waals surface area (Å²) in [7, 11) is 1.61. The van der Waals surface area contributed by atoms with Gasteiger partial charge in [0.2, 0.25) is 0 Å². The Balaban J connectivity index is 2.36. The molecular formula is C19H23NO2S. The molecule has 0 atom stereocenters. The van der Waals surface area contributed by atoms with Gasteiger partial charge in [0.05, 0.1) is 18.4 Å². The van der Waals surface area contributed by atoms with Crippen LogP contribution in [0.5, 0.6) is 5.75 Å². The first-order valence-electron chi connectivity index (χ1n) is 7.49. The van der Waals surface area contributed by atoms with Gasteiger partial charge in [0.1, 0.15) is 5.75 Å². The molecule has 0 radical (unpaired) electrons. The van der Waals surface area contributed by atoms with Gasteiger partial charge >= 0.3 is 0 Å². The SMILES string of the molecule is COc1ccc(C(C)(C)C)cc1NC(=O)c1ccccc1SC. The van der Waals surface area contributed by atoms with E-state index in [0.717, 1.165) is 10.5 Å². The van der Waals surface area contributed by atoms with Gasteiger partial charge in [-0.2, -0.15) is 0 Å². The molecule has 122 valence electrons. The number of methoxy groups -OCH3 is 1. The van der Waals surface area contributed by atoms with E-state index in [4.69, 9.17) is 4.74 Å². The first-order chi connectivity index (χ1) is 10.9. The number of rotatable bonds is 4. The van der Waals surface area contributed by atoms with Crippen molar-refractivity contribution in [2.75, 3.05) is 18.7 Å². The lowest BCUT2D eigenvalue weighted by atomic mass is 9.87. The van der Waals surface area contributed by atoms with Gasteiger partial charge < -0.3 is 10.1 Å². The van der Waals surface area contributed by atoms with Crippen LogP contribution in [0.2, 0.25) is 0 Å². The number of benzene rings is 2. The number of hydrogen-bond acceptors (Lipinski definition) is 3. The normalized spacial score (nSPS) is 11.2. The highest BCUT2D eigenvalue weighted by molar-refractivity contribution is 7.98. The summed E-state index contributed by atoms with van der Waals surface area (Å²) < 4.78 is 5.39. The van der Waals surface area contributed by atoms with Crippen molar-refractivity contribution in [2.45, 2.75) is 31.1 Å². The van der Waals surface area contributed by atoms with E-state index in [9.17, 15) is 4.79 Å². The van der Waals surface area contributed by atoms with Crippen LogP contribution < -0.4 is 10.1 Å². The molecule has 1 N–H and O–H groups in total. The van der Waals surface area contributed by atoms with Gasteiger partial charge in [-0.05, 0) is 41.5 Å². The van der Waals surface area contributed by atoms with Crippen LogP contribution in [0.25, 0.3) is 0 Å². The highest BCUT2D eigenvalue weighted by Gasteiger charge is 2.18. The molecule has 1 amide bonds. The zero-order chi connectivity index (χ0) is 17.0. The number of hydrogen-bond donors (Lipinski definition) is 1. The topological polar surface area (TPSA) is 38.3 Å². The number of nitrogens with one attached hydrogen (secondary N) is 1. The Labute approximate surface area is 142 Å². The summed E-state index contributed by atoms with van der Waals surface area (Å²) >= 11 is 1.56. The van der Waals surface area contributed by atoms with Crippen molar-refractivity contribution in [3.05, 3.63) is 53.6 Å². The highest BCUT2D eigenvalue weighted by atomic mass is 32.2. The van der Waals surface area contributed by atoms with Crippen LogP contribution in [0.1, 0.15) is 36.7 Å². The van der Waals surface area contributed by atoms with Crippen LogP contribution in [0.4, 0.5) is 5.69 Å². The van der Waals surface area contributed by atoms with Crippen molar-refractivity contribution in [1.29, 1.82) is 0 Å². The number of carbonyl (C=O) groups is 1. The van der Waals surface area contributed by atoms with Gasteiger partial charge in [-0.15, -0.1) is 11.8 Å². The van der Waals surface area contributed by atoms with E-state index in [0.29, 0.717) is 17.0 Å². The summed E-state index contributed by atoms with van der Waals surface area (Å²) in [6, 6.07) is 13.5. The molecule has 0 fully saturated rings. The Bertz CT molecular complexity index is 705. The van der Waals surface area contributed by atoms with Crippen molar-refractivity contribution in [3.8, 4) is 5.75 Å². The third-order valence-electron chi connectivity index (χ3n) is 3.67. The average Bonchev–Trinajstić information content (AvgIpc) is 2.53. The van der Waals surface area contributed by atoms with E-state index in [1.165, 1.54) is 0 Å². The zero-order valence-corrected chi connectivity index (χ0v) is 15.1. The second-order valence-electron chi connectivity index (χ2n) is 6.32. The van der Waals surface area contributed by atoms with Crippen molar-refractivity contribution in [2.24, 2.45) is 0 Å². The van der Waals surface area contributed by atoms with Gasteiger partial charge in [-0.1, -0.05) is 39.0 Å². The number of carbonyl (C=O) groups excluding carboxylic acids is 1. The lowest BCUT2D eigenvalue weighted by Crippen LogP contribution is -2.16. The first-order valence-corrected chi connectivity index (χ1v) is 8.72. The summed E-state index contributed by atoms with van der Waals surface area (Å²) in [5, 5.41) is 2.99. The lowest BCUT2D eigenvalue weighted by Gasteiger charge is -2.21. The monoisotopic (exact) mass is 329 g/mol. The second kappa shape index (κ2) is 7.09. The Morgan fingerprint density at radius 1 is 1.13 bits per heavy atom. The van der Waals surface area contributed by atoms with Crippen LogP contribution in [-0.2, 0) is 5.41 Å². The number of amides is 1. The second-order valence-corrected chi connectivity index (χ2v) is 7.17. The van der Waals surface area contributed by atoms with E-state index >= 15 is 0 Å². The fourth-order valence-corrected chi connectivity index (χ4v) is 2.89. The van der Waals surface area contributed by atoms with Crippen LogP contribution >= 0.6 is 11.8 Å². The van der Waals surface area contributed by atoms with Crippen molar-refractivity contribution in [3.63, 3.8) is 0 Å². The molecule has 3 nitrogen and oxygen atoms in total. The molecule has 0 saturated carbocycles. The lowest BCUT2D eigenvalue weighted by molar-refractivity contribution is 0.102. The molecule has 4 heteroatoms. The van der Waals surface area contributed by atoms with E-state index < -0.39 is 0 Å². The molecule has 0 spiro atoms. The molecule has 0 bridgehead atoms. The molecule has 0 aliphatic carbocycles. The van der Waals surface area contributed by atoms with Crippen molar-refractivity contribution < 1.29 is 9.53 Å². The molecule has 0 heterocycles. The Kier molecular flexibility index (Phi) is 5.37. The minimum absolute atomic E-state index is 0.00290. The molecule has 2 rings (SSSR count). The Morgan fingerprint density at radius 2 is 1.83 bits per heavy atom. The van der Waals surface area contributed by atoms with E-state index in [2.05, 4.69) is 26.1 Å². The maximum absolute atomic E-state index is 12.6. The van der Waals surface area contributed by atoms with Gasteiger partial charge in [0.15, 0.2) is 0 Å². The molecule has 23 heavy (non-hydrogen) atoms. The quantitative estimate of drug-likeness (QED) is 0.805. The molecule has 2 aromatic rings. The molecule has 0 saturated heterocycles. The van der Waals surface area contributed by atoms with E-state index in [1.807, 2.05) is 48.7 Å². The predicted molar refractivity (Wildman–Crippen MR) is 97.9 cm³/mol. The smallest absolute Gasteiger partial charge is 0.256 e. The summed E-state index contributed by atoms with van der Waals surface area (Å²) in [6.07, 6.45) is 1.97. The van der Waals surface area contributed by atoms with Crippen LogP contribution in [-0.4, -0.2) is 19.3 Å². The van der Waals surface area contributed by atoms with E-state index in [1.54, 1.807) is 18.9 Å².